The van der Waals surface area contributed by atoms with Crippen LogP contribution in [0.1, 0.15) is 41.7 Å². The molecule has 0 radical (unpaired) electrons. The van der Waals surface area contributed by atoms with Gasteiger partial charge in [-0.05, 0) is 125 Å². The fraction of sp³-hybridized carbons (Fsp3) is 0.0746. The Balaban J connectivity index is 0.961. The summed E-state index contributed by atoms with van der Waals surface area (Å²) in [6.07, 6.45) is -10.5. The molecule has 0 spiro atoms. The molecule has 14 rings (SSSR count). The van der Waals surface area contributed by atoms with Crippen LogP contribution < -0.4 is 0 Å². The molecule has 0 fully saturated rings. The normalized spacial score (nSPS) is 13.2. The number of benzene rings is 10. The van der Waals surface area contributed by atoms with E-state index in [2.05, 4.69) is 68.4 Å². The molecule has 4 nitrogen and oxygen atoms in total. The van der Waals surface area contributed by atoms with Crippen molar-refractivity contribution in [2.45, 2.75) is 31.6 Å². The Morgan fingerprint density at radius 1 is 0.397 bits per heavy atom. The highest BCUT2D eigenvalue weighted by molar-refractivity contribution is 7.26. The van der Waals surface area contributed by atoms with Crippen LogP contribution in [-0.4, -0.2) is 15.0 Å². The number of hydrogen-bond donors (Lipinski definition) is 0. The second-order valence-corrected chi connectivity index (χ2v) is 21.4. The number of alkyl halides is 6. The monoisotopic (exact) mass is 1040 g/mol. The van der Waals surface area contributed by atoms with Gasteiger partial charge in [0, 0.05) is 42.3 Å². The second kappa shape index (κ2) is 17.1. The predicted molar refractivity (Wildman–Crippen MR) is 300 cm³/mol. The summed E-state index contributed by atoms with van der Waals surface area (Å²) in [4.78, 5) is 15.4. The average molecular weight is 1050 g/mol. The zero-order valence-corrected chi connectivity index (χ0v) is 42.3. The van der Waals surface area contributed by atoms with E-state index in [0.717, 1.165) is 75.8 Å². The molecule has 12 aromatic rings. The molecule has 0 aliphatic heterocycles. The molecule has 2 aromatic heterocycles. The van der Waals surface area contributed by atoms with Crippen molar-refractivity contribution in [3.05, 3.63) is 222 Å². The lowest BCUT2D eigenvalue weighted by molar-refractivity contribution is -0.162. The van der Waals surface area contributed by atoms with Gasteiger partial charge in [0.15, 0.2) is 17.5 Å². The number of aromatic nitrogens is 3. The maximum Gasteiger partial charge on any atom is 0.417 e. The fourth-order valence-corrected chi connectivity index (χ4v) is 13.1. The maximum atomic E-state index is 14.6. The highest BCUT2D eigenvalue weighted by atomic mass is 32.1. The topological polar surface area (TPSA) is 62.5 Å². The summed E-state index contributed by atoms with van der Waals surface area (Å²) in [7, 11) is 0. The first-order chi connectivity index (χ1) is 37.6. The van der Waals surface area contributed by atoms with Crippen molar-refractivity contribution in [1.82, 2.24) is 15.0 Å². The van der Waals surface area contributed by atoms with Crippen molar-refractivity contribution in [3.63, 3.8) is 0 Å². The summed E-state index contributed by atoms with van der Waals surface area (Å²) in [5.41, 5.74) is 9.94. The summed E-state index contributed by atoms with van der Waals surface area (Å²) in [5, 5.41) is 12.6. The number of hydrogen-bond acceptors (Lipinski definition) is 5. The zero-order valence-electron chi connectivity index (χ0n) is 41.4. The standard InChI is InChI=1S/C67H38F6N4S/c1-65(2)52-15-7-6-12-47(52)58-49(14-8-16-53(58)65)64-76-62(39-10-4-3-5-11-39)75-63(77-64)40-24-22-38(23-25-40)42-28-29-45-50-33-54(66(68,69)70)55(67(71,72)73)34-51(50)46-31-30-44(60(42)61(45)46)43-13-9-17-56-59(43)48-27-26-41(32-57(48)78-56)37-20-18-36(35-74)19-21-37/h3-34H,1-2H3. The third-order valence-corrected chi connectivity index (χ3v) is 16.7. The first-order valence-corrected chi connectivity index (χ1v) is 26.0. The Morgan fingerprint density at radius 3 is 1.56 bits per heavy atom. The molecule has 0 bridgehead atoms. The number of nitriles is 1. The lowest BCUT2D eigenvalue weighted by atomic mass is 9.82. The Morgan fingerprint density at radius 2 is 0.897 bits per heavy atom. The molecule has 0 amide bonds. The molecule has 10 aromatic carbocycles. The van der Waals surface area contributed by atoms with Crippen LogP contribution in [0.4, 0.5) is 26.3 Å². The number of rotatable bonds is 6. The van der Waals surface area contributed by atoms with Crippen molar-refractivity contribution in [2.75, 3.05) is 0 Å². The molecule has 2 heterocycles. The SMILES string of the molecule is CC1(C)c2ccccc2-c2c(-c3nc(-c4ccccc4)nc(-c4ccc(-c5ccc6c7c(ccc(-c8cccc9sc%10cc(-c%11ccc(C#N)cc%11)ccc%10c89)c57)-c5cc(C(F)(F)F)c(C(F)(F)F)cc5-6)cc4)n3)cccc21. The lowest BCUT2D eigenvalue weighted by Gasteiger charge is -2.21. The highest BCUT2D eigenvalue weighted by Gasteiger charge is 2.45. The third-order valence-electron chi connectivity index (χ3n) is 15.6. The highest BCUT2D eigenvalue weighted by Crippen LogP contribution is 2.57. The second-order valence-electron chi connectivity index (χ2n) is 20.3. The van der Waals surface area contributed by atoms with Crippen LogP contribution in [0.25, 0.3) is 132 Å². The van der Waals surface area contributed by atoms with Gasteiger partial charge < -0.3 is 0 Å². The van der Waals surface area contributed by atoms with E-state index in [-0.39, 0.29) is 16.5 Å². The Kier molecular flexibility index (Phi) is 10.4. The molecular weight excluding hydrogens is 1010 g/mol. The van der Waals surface area contributed by atoms with E-state index in [4.69, 9.17) is 15.0 Å². The van der Waals surface area contributed by atoms with Gasteiger partial charge in [0.2, 0.25) is 0 Å². The molecule has 2 aliphatic carbocycles. The Hall–Kier alpha value is -9.24. The molecular formula is C67H38F6N4S. The van der Waals surface area contributed by atoms with E-state index < -0.39 is 23.5 Å². The largest absolute Gasteiger partial charge is 0.417 e. The smallest absolute Gasteiger partial charge is 0.208 e. The van der Waals surface area contributed by atoms with Crippen LogP contribution in [0.15, 0.2) is 194 Å². The zero-order chi connectivity index (χ0) is 53.4. The van der Waals surface area contributed by atoms with Crippen molar-refractivity contribution in [1.29, 1.82) is 5.26 Å². The van der Waals surface area contributed by atoms with Gasteiger partial charge >= 0.3 is 12.4 Å². The van der Waals surface area contributed by atoms with E-state index in [1.54, 1.807) is 35.6 Å². The van der Waals surface area contributed by atoms with Crippen molar-refractivity contribution < 1.29 is 26.3 Å². The van der Waals surface area contributed by atoms with Gasteiger partial charge in [-0.15, -0.1) is 11.3 Å². The summed E-state index contributed by atoms with van der Waals surface area (Å²) >= 11 is 1.63. The predicted octanol–water partition coefficient (Wildman–Crippen LogP) is 19.3. The van der Waals surface area contributed by atoms with Gasteiger partial charge in [-0.25, -0.2) is 15.0 Å². The summed E-state index contributed by atoms with van der Waals surface area (Å²) in [6, 6.07) is 62.7. The van der Waals surface area contributed by atoms with Gasteiger partial charge in [-0.3, -0.25) is 0 Å². The minimum Gasteiger partial charge on any atom is -0.208 e. The number of halogens is 6. The van der Waals surface area contributed by atoms with Crippen LogP contribution >= 0.6 is 11.3 Å². The minimum atomic E-state index is -5.26. The summed E-state index contributed by atoms with van der Waals surface area (Å²) in [5.74, 6) is 1.47. The van der Waals surface area contributed by atoms with Crippen LogP contribution in [0, 0.1) is 11.3 Å². The van der Waals surface area contributed by atoms with E-state index in [1.165, 1.54) is 11.1 Å². The molecule has 0 unspecified atom stereocenters. The van der Waals surface area contributed by atoms with Crippen molar-refractivity contribution in [2.24, 2.45) is 0 Å². The van der Waals surface area contributed by atoms with Crippen LogP contribution in [-0.2, 0) is 17.8 Å². The van der Waals surface area contributed by atoms with E-state index in [1.807, 2.05) is 109 Å². The number of fused-ring (bicyclic) bond motifs is 9. The molecule has 0 N–H and O–H groups in total. The van der Waals surface area contributed by atoms with Crippen LogP contribution in [0.5, 0.6) is 0 Å². The fourth-order valence-electron chi connectivity index (χ4n) is 12.0. The molecule has 0 saturated carbocycles. The van der Waals surface area contributed by atoms with E-state index in [9.17, 15) is 31.6 Å². The lowest BCUT2D eigenvalue weighted by Crippen LogP contribution is -2.16. The minimum absolute atomic E-state index is 0.0832. The van der Waals surface area contributed by atoms with Gasteiger partial charge in [-0.1, -0.05) is 172 Å². The summed E-state index contributed by atoms with van der Waals surface area (Å²) < 4.78 is 89.7. The molecule has 2 aliphatic rings. The van der Waals surface area contributed by atoms with Gasteiger partial charge in [0.25, 0.3) is 0 Å². The third kappa shape index (κ3) is 7.31. The van der Waals surface area contributed by atoms with Crippen LogP contribution in [0.2, 0.25) is 0 Å². The van der Waals surface area contributed by atoms with E-state index >= 15 is 0 Å². The molecule has 0 atom stereocenters. The molecule has 11 heteroatoms. The first-order valence-electron chi connectivity index (χ1n) is 25.2. The van der Waals surface area contributed by atoms with Crippen LogP contribution in [0.3, 0.4) is 0 Å². The molecule has 0 saturated heterocycles. The molecule has 78 heavy (non-hydrogen) atoms. The van der Waals surface area contributed by atoms with E-state index in [0.29, 0.717) is 62.6 Å². The van der Waals surface area contributed by atoms with Gasteiger partial charge in [-0.2, -0.15) is 31.6 Å². The maximum absolute atomic E-state index is 14.6. The Bertz CT molecular complexity index is 4500. The van der Waals surface area contributed by atoms with Crippen molar-refractivity contribution >= 4 is 42.3 Å². The van der Waals surface area contributed by atoms with Gasteiger partial charge in [0.1, 0.15) is 0 Å². The molecule has 374 valence electrons. The average Bonchev–Trinajstić information content (AvgIpc) is 4.03. The Labute approximate surface area is 447 Å². The first kappa shape index (κ1) is 47.2. The summed E-state index contributed by atoms with van der Waals surface area (Å²) in [6.45, 7) is 4.46. The van der Waals surface area contributed by atoms with Gasteiger partial charge in [0.05, 0.1) is 22.8 Å². The van der Waals surface area contributed by atoms with Crippen molar-refractivity contribution in [3.8, 4) is 107 Å². The number of thiophene rings is 1. The quantitative estimate of drug-likeness (QED) is 0.156. The number of nitrogens with zero attached hydrogens (tertiary/aromatic N) is 4.